The van der Waals surface area contributed by atoms with Crippen molar-refractivity contribution >= 4 is 0 Å². The highest BCUT2D eigenvalue weighted by atomic mass is 16.3. The van der Waals surface area contributed by atoms with Crippen LogP contribution in [-0.2, 0) is 13.1 Å². The maximum atomic E-state index is 10.6. The van der Waals surface area contributed by atoms with E-state index in [0.717, 1.165) is 49.0 Å². The van der Waals surface area contributed by atoms with Crippen molar-refractivity contribution in [1.82, 2.24) is 20.1 Å². The molecule has 27 heavy (non-hydrogen) atoms. The zero-order valence-corrected chi connectivity index (χ0v) is 15.5. The third-order valence-corrected chi connectivity index (χ3v) is 5.26. The molecule has 5 heteroatoms. The van der Waals surface area contributed by atoms with Gasteiger partial charge >= 0.3 is 0 Å². The Hall–Kier alpha value is -2.50. The number of rotatable bonds is 7. The molecular formula is C22H26N4O. The lowest BCUT2D eigenvalue weighted by Gasteiger charge is -2.22. The summed E-state index contributed by atoms with van der Waals surface area (Å²) in [6.45, 7) is 2.04. The van der Waals surface area contributed by atoms with Crippen LogP contribution in [-0.4, -0.2) is 32.0 Å². The molecule has 4 rings (SSSR count). The quantitative estimate of drug-likeness (QED) is 0.676. The van der Waals surface area contributed by atoms with Crippen LogP contribution in [0.4, 0.5) is 0 Å². The van der Waals surface area contributed by atoms with Crippen LogP contribution >= 0.6 is 0 Å². The van der Waals surface area contributed by atoms with Crippen LogP contribution in [0, 0.1) is 0 Å². The Kier molecular flexibility index (Phi) is 5.32. The van der Waals surface area contributed by atoms with Crippen LogP contribution < -0.4 is 5.32 Å². The van der Waals surface area contributed by atoms with Gasteiger partial charge in [-0.05, 0) is 30.5 Å². The van der Waals surface area contributed by atoms with Crippen LogP contribution in [0.5, 0.6) is 0 Å². The van der Waals surface area contributed by atoms with Gasteiger partial charge in [0.1, 0.15) is 0 Å². The van der Waals surface area contributed by atoms with E-state index in [1.54, 1.807) is 6.20 Å². The highest BCUT2D eigenvalue weighted by Gasteiger charge is 2.30. The summed E-state index contributed by atoms with van der Waals surface area (Å²) in [6.07, 6.45) is 9.75. The van der Waals surface area contributed by atoms with Gasteiger partial charge in [-0.1, -0.05) is 43.2 Å². The zero-order valence-electron chi connectivity index (χ0n) is 15.5. The molecule has 0 radical (unpaired) electrons. The summed E-state index contributed by atoms with van der Waals surface area (Å²) in [5, 5.41) is 18.8. The first-order valence-electron chi connectivity index (χ1n) is 9.66. The normalized spacial score (nSPS) is 15.9. The number of aromatic nitrogens is 3. The molecule has 0 bridgehead atoms. The lowest BCUT2D eigenvalue weighted by Crippen LogP contribution is -2.37. The Morgan fingerprint density at radius 2 is 1.89 bits per heavy atom. The number of hydrogen-bond acceptors (Lipinski definition) is 4. The molecule has 1 saturated carbocycles. The molecule has 2 N–H and O–H groups in total. The van der Waals surface area contributed by atoms with Gasteiger partial charge in [-0.2, -0.15) is 5.10 Å². The first-order chi connectivity index (χ1) is 13.2. The molecule has 0 amide bonds. The van der Waals surface area contributed by atoms with Crippen LogP contribution in [0.25, 0.3) is 11.3 Å². The number of nitrogens with zero attached hydrogens (tertiary/aromatic N) is 3. The van der Waals surface area contributed by atoms with E-state index in [0.29, 0.717) is 13.1 Å². The predicted octanol–water partition coefficient (Wildman–Crippen LogP) is 3.39. The van der Waals surface area contributed by atoms with Crippen molar-refractivity contribution in [2.75, 3.05) is 6.54 Å². The first kappa shape index (κ1) is 17.9. The molecule has 0 saturated heterocycles. The van der Waals surface area contributed by atoms with Gasteiger partial charge in [0.15, 0.2) is 0 Å². The molecule has 1 aliphatic carbocycles. The Labute approximate surface area is 160 Å². The smallest absolute Gasteiger partial charge is 0.0983 e. The van der Waals surface area contributed by atoms with Crippen molar-refractivity contribution in [2.24, 2.45) is 0 Å². The van der Waals surface area contributed by atoms with Crippen molar-refractivity contribution in [3.8, 4) is 11.3 Å². The average Bonchev–Trinajstić information content (AvgIpc) is 3.30. The summed E-state index contributed by atoms with van der Waals surface area (Å²) in [5.41, 5.74) is 3.76. The zero-order chi connectivity index (χ0) is 18.5. The molecule has 1 fully saturated rings. The maximum Gasteiger partial charge on any atom is 0.0983 e. The molecule has 0 spiro atoms. The second-order valence-corrected chi connectivity index (χ2v) is 7.46. The van der Waals surface area contributed by atoms with E-state index in [2.05, 4.69) is 28.6 Å². The maximum absolute atomic E-state index is 10.6. The molecule has 3 aromatic rings. The fraction of sp³-hybridized carbons (Fsp3) is 0.364. The standard InChI is InChI=1S/C22H26N4O/c27-22(10-4-5-11-22)17-24-14-20-16-26(15-18-7-2-1-3-8-18)25-21(20)19-9-6-12-23-13-19/h1-3,6-9,12-13,16,24,27H,4-5,10-11,14-15,17H2. The van der Waals surface area contributed by atoms with Gasteiger partial charge in [-0.15, -0.1) is 0 Å². The summed E-state index contributed by atoms with van der Waals surface area (Å²) < 4.78 is 1.99. The van der Waals surface area contributed by atoms with E-state index in [9.17, 15) is 5.11 Å². The van der Waals surface area contributed by atoms with Crippen molar-refractivity contribution in [3.63, 3.8) is 0 Å². The molecular weight excluding hydrogens is 336 g/mol. The fourth-order valence-corrected chi connectivity index (χ4v) is 3.83. The highest BCUT2D eigenvalue weighted by molar-refractivity contribution is 5.61. The first-order valence-corrected chi connectivity index (χ1v) is 9.66. The summed E-state index contributed by atoms with van der Waals surface area (Å²) in [5.74, 6) is 0. The van der Waals surface area contributed by atoms with Crippen LogP contribution in [0.1, 0.15) is 36.8 Å². The lowest BCUT2D eigenvalue weighted by atomic mass is 10.0. The van der Waals surface area contributed by atoms with Crippen LogP contribution in [0.2, 0.25) is 0 Å². The van der Waals surface area contributed by atoms with Crippen molar-refractivity contribution in [1.29, 1.82) is 0 Å². The Bertz CT molecular complexity index is 855. The minimum absolute atomic E-state index is 0.547. The molecule has 0 atom stereocenters. The van der Waals surface area contributed by atoms with Crippen LogP contribution in [0.15, 0.2) is 61.1 Å². The summed E-state index contributed by atoms with van der Waals surface area (Å²) in [6, 6.07) is 14.3. The van der Waals surface area contributed by atoms with E-state index >= 15 is 0 Å². The number of hydrogen-bond donors (Lipinski definition) is 2. The van der Waals surface area contributed by atoms with Gasteiger partial charge in [-0.25, -0.2) is 0 Å². The summed E-state index contributed by atoms with van der Waals surface area (Å²) >= 11 is 0. The average molecular weight is 362 g/mol. The van der Waals surface area contributed by atoms with E-state index in [1.807, 2.05) is 41.2 Å². The van der Waals surface area contributed by atoms with Gasteiger partial charge in [0.2, 0.25) is 0 Å². The van der Waals surface area contributed by atoms with Gasteiger partial charge in [-0.3, -0.25) is 9.67 Å². The minimum atomic E-state index is -0.547. The van der Waals surface area contributed by atoms with E-state index < -0.39 is 5.60 Å². The fourth-order valence-electron chi connectivity index (χ4n) is 3.83. The largest absolute Gasteiger partial charge is 0.389 e. The number of benzene rings is 1. The second kappa shape index (κ2) is 8.03. The van der Waals surface area contributed by atoms with E-state index in [-0.39, 0.29) is 0 Å². The van der Waals surface area contributed by atoms with Crippen molar-refractivity contribution < 1.29 is 5.11 Å². The lowest BCUT2D eigenvalue weighted by molar-refractivity contribution is 0.0475. The molecule has 5 nitrogen and oxygen atoms in total. The molecule has 0 aliphatic heterocycles. The number of pyridine rings is 1. The number of aliphatic hydroxyl groups is 1. The van der Waals surface area contributed by atoms with Crippen molar-refractivity contribution in [3.05, 3.63) is 72.2 Å². The van der Waals surface area contributed by atoms with Gasteiger partial charge in [0.05, 0.1) is 17.8 Å². The predicted molar refractivity (Wildman–Crippen MR) is 106 cm³/mol. The highest BCUT2D eigenvalue weighted by Crippen LogP contribution is 2.29. The Morgan fingerprint density at radius 1 is 1.07 bits per heavy atom. The summed E-state index contributed by atoms with van der Waals surface area (Å²) in [4.78, 5) is 4.24. The third-order valence-electron chi connectivity index (χ3n) is 5.26. The summed E-state index contributed by atoms with van der Waals surface area (Å²) in [7, 11) is 0. The molecule has 1 aliphatic rings. The molecule has 140 valence electrons. The van der Waals surface area contributed by atoms with Gasteiger partial charge < -0.3 is 10.4 Å². The molecule has 1 aromatic carbocycles. The SMILES string of the molecule is OC1(CNCc2cn(Cc3ccccc3)nc2-c2cccnc2)CCCC1. The monoisotopic (exact) mass is 362 g/mol. The van der Waals surface area contributed by atoms with Crippen molar-refractivity contribution in [2.45, 2.75) is 44.4 Å². The molecule has 0 unspecified atom stereocenters. The van der Waals surface area contributed by atoms with E-state index in [1.165, 1.54) is 5.56 Å². The van der Waals surface area contributed by atoms with Gasteiger partial charge in [0, 0.05) is 42.8 Å². The Balaban J connectivity index is 1.52. The number of nitrogens with one attached hydrogen (secondary N) is 1. The van der Waals surface area contributed by atoms with E-state index in [4.69, 9.17) is 5.10 Å². The minimum Gasteiger partial charge on any atom is -0.389 e. The second-order valence-electron chi connectivity index (χ2n) is 7.46. The topological polar surface area (TPSA) is 63.0 Å². The molecule has 2 heterocycles. The Morgan fingerprint density at radius 3 is 2.63 bits per heavy atom. The third kappa shape index (κ3) is 4.43. The van der Waals surface area contributed by atoms with Crippen LogP contribution in [0.3, 0.4) is 0 Å². The van der Waals surface area contributed by atoms with Gasteiger partial charge in [0.25, 0.3) is 0 Å². The molecule has 2 aromatic heterocycles.